The minimum Gasteiger partial charge on any atom is -0.484 e. The zero-order valence-electron chi connectivity index (χ0n) is 23.1. The molecule has 208 valence electrons. The zero-order chi connectivity index (χ0) is 28.3. The third-order valence-electron chi connectivity index (χ3n) is 7.05. The average molecular weight is 543 g/mol. The van der Waals surface area contributed by atoms with Gasteiger partial charge in [0.15, 0.2) is 6.10 Å². The number of anilines is 1. The number of ether oxygens (including phenoxy) is 4. The number of nitrogens with one attached hydrogen (secondary N) is 1. The summed E-state index contributed by atoms with van der Waals surface area (Å²) in [5.41, 5.74) is 2.90. The molecule has 2 aliphatic rings. The Labute approximate surface area is 234 Å². The first-order valence-corrected chi connectivity index (χ1v) is 13.3. The molecular weight excluding hydrogens is 508 g/mol. The van der Waals surface area contributed by atoms with Gasteiger partial charge in [-0.2, -0.15) is 0 Å². The van der Waals surface area contributed by atoms with Gasteiger partial charge in [0, 0.05) is 18.7 Å². The van der Waals surface area contributed by atoms with E-state index in [-0.39, 0.29) is 11.1 Å². The van der Waals surface area contributed by atoms with Gasteiger partial charge < -0.3 is 29.2 Å². The van der Waals surface area contributed by atoms with Gasteiger partial charge in [-0.1, -0.05) is 60.7 Å². The van der Waals surface area contributed by atoms with E-state index in [9.17, 15) is 9.59 Å². The van der Waals surface area contributed by atoms with Crippen LogP contribution in [-0.2, 0) is 36.8 Å². The van der Waals surface area contributed by atoms with Gasteiger partial charge >= 0.3 is 5.97 Å². The second-order valence-electron chi connectivity index (χ2n) is 10.3. The van der Waals surface area contributed by atoms with E-state index in [1.165, 1.54) is 7.11 Å². The van der Waals surface area contributed by atoms with Crippen LogP contribution in [0.1, 0.15) is 18.1 Å². The first-order valence-electron chi connectivity index (χ1n) is 13.3. The molecule has 2 aliphatic heterocycles. The number of amides is 1. The molecule has 4 atom stereocenters. The molecule has 40 heavy (non-hydrogen) atoms. The Morgan fingerprint density at radius 1 is 0.925 bits per heavy atom. The summed E-state index contributed by atoms with van der Waals surface area (Å²) in [7, 11) is 5.27. The van der Waals surface area contributed by atoms with E-state index in [0.717, 1.165) is 17.7 Å². The molecule has 0 aromatic heterocycles. The van der Waals surface area contributed by atoms with Crippen LogP contribution < -0.4 is 10.1 Å². The Hall–Kier alpha value is -3.98. The molecular formula is C32H34N2O6. The maximum Gasteiger partial charge on any atom is 0.339 e. The van der Waals surface area contributed by atoms with Gasteiger partial charge in [0.25, 0.3) is 5.91 Å². The summed E-state index contributed by atoms with van der Waals surface area (Å²) in [5, 5.41) is 2.94. The van der Waals surface area contributed by atoms with Crippen molar-refractivity contribution in [1.82, 2.24) is 4.90 Å². The van der Waals surface area contributed by atoms with Crippen LogP contribution in [0.15, 0.2) is 96.1 Å². The summed E-state index contributed by atoms with van der Waals surface area (Å²) >= 11 is 0. The van der Waals surface area contributed by atoms with Crippen molar-refractivity contribution in [3.63, 3.8) is 0 Å². The van der Waals surface area contributed by atoms with Crippen LogP contribution in [0.25, 0.3) is 0 Å². The van der Waals surface area contributed by atoms with Crippen molar-refractivity contribution in [2.24, 2.45) is 0 Å². The van der Waals surface area contributed by atoms with Crippen LogP contribution in [0.4, 0.5) is 5.69 Å². The van der Waals surface area contributed by atoms with E-state index in [2.05, 4.69) is 10.2 Å². The van der Waals surface area contributed by atoms with Crippen molar-refractivity contribution in [1.29, 1.82) is 0 Å². The summed E-state index contributed by atoms with van der Waals surface area (Å²) < 4.78 is 24.5. The first kappa shape index (κ1) is 27.6. The zero-order valence-corrected chi connectivity index (χ0v) is 23.1. The van der Waals surface area contributed by atoms with Crippen LogP contribution >= 0.6 is 0 Å². The van der Waals surface area contributed by atoms with Crippen LogP contribution in [0.2, 0.25) is 0 Å². The van der Waals surface area contributed by atoms with Gasteiger partial charge in [-0.05, 0) is 56.4 Å². The Morgan fingerprint density at radius 3 is 2.20 bits per heavy atom. The topological polar surface area (TPSA) is 86.3 Å². The molecule has 2 bridgehead atoms. The van der Waals surface area contributed by atoms with E-state index >= 15 is 0 Å². The summed E-state index contributed by atoms with van der Waals surface area (Å²) in [6, 6.07) is 26.6. The fourth-order valence-electron chi connectivity index (χ4n) is 5.30. The number of carbonyl (C=O) groups excluding carboxylic acids is 2. The van der Waals surface area contributed by atoms with Crippen molar-refractivity contribution >= 4 is 17.6 Å². The van der Waals surface area contributed by atoms with E-state index < -0.39 is 36.0 Å². The van der Waals surface area contributed by atoms with Crippen LogP contribution in [0.5, 0.6) is 5.75 Å². The van der Waals surface area contributed by atoms with Gasteiger partial charge in [-0.15, -0.1) is 0 Å². The number of methoxy groups -OCH3 is 1. The Kier molecular flexibility index (Phi) is 8.02. The Morgan fingerprint density at radius 2 is 1.57 bits per heavy atom. The molecule has 4 unspecified atom stereocenters. The standard InChI is InChI=1S/C32H34N2O6/c1-21-29-27(30(35)33-24-17-15-23(16-18-24)20-34(2)3)28(31(36)37-4)32(39-21,40-29)26(19-22-11-7-5-8-12-22)38-25-13-9-6-10-14-25/h5-18,21,26,29H,19-20H2,1-4H3,(H,33,35). The molecule has 1 N–H and O–H groups in total. The lowest BCUT2D eigenvalue weighted by Crippen LogP contribution is -2.52. The SMILES string of the molecule is COC(=O)C1=C(C(=O)Nc2ccc(CN(C)C)cc2)C2OC1(C(Cc1ccccc1)Oc1ccccc1)OC2C. The van der Waals surface area contributed by atoms with Crippen LogP contribution in [0, 0.1) is 0 Å². The smallest absolute Gasteiger partial charge is 0.339 e. The van der Waals surface area contributed by atoms with Crippen molar-refractivity contribution in [2.45, 2.75) is 44.0 Å². The molecule has 0 spiro atoms. The predicted molar refractivity (Wildman–Crippen MR) is 151 cm³/mol. The van der Waals surface area contributed by atoms with E-state index in [1.807, 2.05) is 106 Å². The molecule has 3 aromatic carbocycles. The molecule has 3 aromatic rings. The maximum atomic E-state index is 13.8. The quantitative estimate of drug-likeness (QED) is 0.381. The highest BCUT2D eigenvalue weighted by molar-refractivity contribution is 6.11. The van der Waals surface area contributed by atoms with E-state index in [4.69, 9.17) is 18.9 Å². The molecule has 0 aliphatic carbocycles. The number of carbonyl (C=O) groups is 2. The number of rotatable bonds is 10. The minimum atomic E-state index is -1.65. The molecule has 2 heterocycles. The average Bonchev–Trinajstić information content (AvgIpc) is 3.48. The summed E-state index contributed by atoms with van der Waals surface area (Å²) in [5.74, 6) is -2.21. The van der Waals surface area contributed by atoms with Gasteiger partial charge in [-0.25, -0.2) is 4.79 Å². The lowest BCUT2D eigenvalue weighted by molar-refractivity contribution is -0.195. The van der Waals surface area contributed by atoms with Gasteiger partial charge in [0.05, 0.1) is 18.8 Å². The predicted octanol–water partition coefficient (Wildman–Crippen LogP) is 4.36. The molecule has 8 heteroatoms. The van der Waals surface area contributed by atoms with Crippen molar-refractivity contribution < 1.29 is 28.5 Å². The number of fused-ring (bicyclic) bond motifs is 2. The van der Waals surface area contributed by atoms with Crippen molar-refractivity contribution in [3.8, 4) is 5.75 Å². The fourth-order valence-corrected chi connectivity index (χ4v) is 5.30. The molecule has 5 rings (SSSR count). The number of para-hydroxylation sites is 1. The molecule has 0 saturated carbocycles. The van der Waals surface area contributed by atoms with Crippen molar-refractivity contribution in [3.05, 3.63) is 107 Å². The lowest BCUT2D eigenvalue weighted by Gasteiger charge is -2.36. The lowest BCUT2D eigenvalue weighted by atomic mass is 9.88. The fraction of sp³-hybridized carbons (Fsp3) is 0.312. The summed E-state index contributed by atoms with van der Waals surface area (Å²) in [6.07, 6.45) is -1.72. The molecule has 8 nitrogen and oxygen atoms in total. The van der Waals surface area contributed by atoms with Crippen LogP contribution in [0.3, 0.4) is 0 Å². The molecule has 1 saturated heterocycles. The van der Waals surface area contributed by atoms with Gasteiger partial charge in [0.2, 0.25) is 5.79 Å². The molecule has 0 radical (unpaired) electrons. The number of esters is 1. The number of benzene rings is 3. The first-order chi connectivity index (χ1) is 19.3. The largest absolute Gasteiger partial charge is 0.484 e. The number of hydrogen-bond donors (Lipinski definition) is 1. The van der Waals surface area contributed by atoms with Gasteiger partial charge in [-0.3, -0.25) is 4.79 Å². The normalized spacial score (nSPS) is 22.3. The second-order valence-corrected chi connectivity index (χ2v) is 10.3. The highest BCUT2D eigenvalue weighted by Gasteiger charge is 2.66. The summed E-state index contributed by atoms with van der Waals surface area (Å²) in [4.78, 5) is 29.2. The minimum absolute atomic E-state index is 0.0247. The van der Waals surface area contributed by atoms with Crippen LogP contribution in [-0.4, -0.2) is 62.1 Å². The molecule has 1 amide bonds. The Bertz CT molecular complexity index is 1330. The third kappa shape index (κ3) is 5.51. The van der Waals surface area contributed by atoms with Crippen molar-refractivity contribution in [2.75, 3.05) is 26.5 Å². The van der Waals surface area contributed by atoms with E-state index in [0.29, 0.717) is 17.9 Å². The summed E-state index contributed by atoms with van der Waals surface area (Å²) in [6.45, 7) is 2.61. The van der Waals surface area contributed by atoms with Gasteiger partial charge in [0.1, 0.15) is 17.4 Å². The number of nitrogens with zero attached hydrogens (tertiary/aromatic N) is 1. The maximum absolute atomic E-state index is 13.8. The highest BCUT2D eigenvalue weighted by atomic mass is 16.8. The molecule has 1 fully saturated rings. The highest BCUT2D eigenvalue weighted by Crippen LogP contribution is 2.50. The third-order valence-corrected chi connectivity index (χ3v) is 7.05. The van der Waals surface area contributed by atoms with E-state index in [1.54, 1.807) is 0 Å². The second kappa shape index (κ2) is 11.6. The Balaban J connectivity index is 1.53. The monoisotopic (exact) mass is 542 g/mol. The number of hydrogen-bond acceptors (Lipinski definition) is 7.